The lowest BCUT2D eigenvalue weighted by molar-refractivity contribution is -0.152. The number of aromatic nitrogens is 2. The van der Waals surface area contributed by atoms with Gasteiger partial charge in [-0.1, -0.05) is 54.7 Å². The van der Waals surface area contributed by atoms with E-state index in [9.17, 15) is 4.79 Å². The Hall–Kier alpha value is -3.16. The van der Waals surface area contributed by atoms with Crippen LogP contribution in [0.25, 0.3) is 20.9 Å². The second-order valence-corrected chi connectivity index (χ2v) is 10.8. The molecule has 2 fully saturated rings. The zero-order valence-electron chi connectivity index (χ0n) is 20.4. The number of halogens is 1. The first kappa shape index (κ1) is 23.3. The number of carbonyl (C=O) groups excluding carboxylic acids is 1. The lowest BCUT2D eigenvalue weighted by Gasteiger charge is -2.43. The lowest BCUT2D eigenvalue weighted by Crippen LogP contribution is -2.51. The largest absolute Gasteiger partial charge is 0.469 e. The number of benzene rings is 2. The van der Waals surface area contributed by atoms with Crippen LogP contribution in [0.15, 0.2) is 60.7 Å². The first-order chi connectivity index (χ1) is 17.5. The summed E-state index contributed by atoms with van der Waals surface area (Å²) in [6.07, 6.45) is 3.02. The Morgan fingerprint density at radius 3 is 2.58 bits per heavy atom. The fourth-order valence-electron chi connectivity index (χ4n) is 5.47. The molecule has 0 amide bonds. The monoisotopic (exact) mass is 501 g/mol. The Balaban J connectivity index is 1.25. The SMILES string of the molecule is CC[C@H](c1ccc(-c2nc3ccc(C4(c5ccccc5)CC4)nc3s2)c(F)c1)N1CC(C(=O)OC)C1. The van der Waals surface area contributed by atoms with Gasteiger partial charge < -0.3 is 4.74 Å². The minimum absolute atomic E-state index is 0.00853. The van der Waals surface area contributed by atoms with Crippen molar-refractivity contribution >= 4 is 27.7 Å². The van der Waals surface area contributed by atoms with Crippen molar-refractivity contribution in [3.05, 3.63) is 83.3 Å². The number of hydrogen-bond acceptors (Lipinski definition) is 6. The van der Waals surface area contributed by atoms with E-state index >= 15 is 4.39 Å². The minimum atomic E-state index is -0.279. The highest BCUT2D eigenvalue weighted by Crippen LogP contribution is 2.53. The molecule has 36 heavy (non-hydrogen) atoms. The van der Waals surface area contributed by atoms with Gasteiger partial charge in [-0.25, -0.2) is 14.4 Å². The number of pyridine rings is 1. The fraction of sp³-hybridized carbons (Fsp3) is 0.345. The predicted molar refractivity (Wildman–Crippen MR) is 139 cm³/mol. The molecule has 7 heteroatoms. The van der Waals surface area contributed by atoms with Crippen LogP contribution >= 0.6 is 11.3 Å². The summed E-state index contributed by atoms with van der Waals surface area (Å²) in [5.41, 5.74) is 4.57. The number of carbonyl (C=O) groups is 1. The normalized spacial score (nSPS) is 18.1. The Labute approximate surface area is 214 Å². The first-order valence-electron chi connectivity index (χ1n) is 12.5. The van der Waals surface area contributed by atoms with Crippen LogP contribution in [0, 0.1) is 11.7 Å². The van der Waals surface area contributed by atoms with Gasteiger partial charge >= 0.3 is 5.97 Å². The van der Waals surface area contributed by atoms with Crippen LogP contribution in [0.3, 0.4) is 0 Å². The van der Waals surface area contributed by atoms with Crippen molar-refractivity contribution in [3.8, 4) is 10.6 Å². The summed E-state index contributed by atoms with van der Waals surface area (Å²) in [7, 11) is 1.42. The van der Waals surface area contributed by atoms with E-state index in [0.717, 1.165) is 40.9 Å². The number of hydrogen-bond donors (Lipinski definition) is 0. The predicted octanol–water partition coefficient (Wildman–Crippen LogP) is 6.13. The molecule has 2 aromatic carbocycles. The van der Waals surface area contributed by atoms with Gasteiger partial charge in [0.1, 0.15) is 21.2 Å². The standard InChI is InChI=1S/C29H28FN3O2S/c1-3-24(33-16-19(17-33)28(34)35-2)18-9-10-21(22(30)15-18)26-31-23-11-12-25(32-27(23)36-26)29(13-14-29)20-7-5-4-6-8-20/h4-12,15,19,24H,3,13-14,16-17H2,1-2H3/t24-/m1/s1. The van der Waals surface area contributed by atoms with Crippen molar-refractivity contribution in [2.24, 2.45) is 5.92 Å². The molecule has 1 saturated carbocycles. The van der Waals surface area contributed by atoms with Crippen LogP contribution in [0.4, 0.5) is 4.39 Å². The summed E-state index contributed by atoms with van der Waals surface area (Å²) in [5, 5.41) is 0.644. The van der Waals surface area contributed by atoms with Gasteiger partial charge in [0.25, 0.3) is 0 Å². The van der Waals surface area contributed by atoms with Gasteiger partial charge in [-0.2, -0.15) is 0 Å². The molecule has 2 aliphatic rings. The van der Waals surface area contributed by atoms with Gasteiger partial charge in [0.05, 0.1) is 18.7 Å². The Bertz CT molecular complexity index is 1430. The van der Waals surface area contributed by atoms with Crippen molar-refractivity contribution in [1.82, 2.24) is 14.9 Å². The number of esters is 1. The molecule has 0 unspecified atom stereocenters. The molecule has 0 radical (unpaired) electrons. The molecule has 2 aromatic heterocycles. The zero-order chi connectivity index (χ0) is 24.9. The van der Waals surface area contributed by atoms with Crippen molar-refractivity contribution in [2.45, 2.75) is 37.6 Å². The van der Waals surface area contributed by atoms with Crippen LogP contribution in [0.5, 0.6) is 0 Å². The minimum Gasteiger partial charge on any atom is -0.469 e. The number of fused-ring (bicyclic) bond motifs is 1. The van der Waals surface area contributed by atoms with Crippen LogP contribution in [0.2, 0.25) is 0 Å². The number of likely N-dealkylation sites (tertiary alicyclic amines) is 1. The Morgan fingerprint density at radius 1 is 1.14 bits per heavy atom. The van der Waals surface area contributed by atoms with E-state index in [0.29, 0.717) is 23.7 Å². The van der Waals surface area contributed by atoms with Crippen molar-refractivity contribution in [2.75, 3.05) is 20.2 Å². The third kappa shape index (κ3) is 3.91. The second kappa shape index (κ2) is 9.05. The summed E-state index contributed by atoms with van der Waals surface area (Å²) in [5.74, 6) is -0.546. The highest BCUT2D eigenvalue weighted by molar-refractivity contribution is 7.21. The van der Waals surface area contributed by atoms with E-state index in [2.05, 4.69) is 42.2 Å². The molecular formula is C29H28FN3O2S. The van der Waals surface area contributed by atoms with Gasteiger partial charge in [-0.3, -0.25) is 9.69 Å². The zero-order valence-corrected chi connectivity index (χ0v) is 21.2. The third-order valence-corrected chi connectivity index (χ3v) is 8.70. The van der Waals surface area contributed by atoms with E-state index in [1.54, 1.807) is 6.07 Å². The topological polar surface area (TPSA) is 55.3 Å². The average Bonchev–Trinajstić information content (AvgIpc) is 3.58. The van der Waals surface area contributed by atoms with E-state index in [4.69, 9.17) is 14.7 Å². The molecule has 4 aromatic rings. The molecule has 5 nitrogen and oxygen atoms in total. The van der Waals surface area contributed by atoms with Gasteiger partial charge in [-0.05, 0) is 54.7 Å². The number of methoxy groups -OCH3 is 1. The molecule has 0 spiro atoms. The first-order valence-corrected chi connectivity index (χ1v) is 13.3. The van der Waals surface area contributed by atoms with Gasteiger partial charge in [0, 0.05) is 30.1 Å². The summed E-state index contributed by atoms with van der Waals surface area (Å²) < 4.78 is 20.2. The van der Waals surface area contributed by atoms with E-state index in [1.807, 2.05) is 24.3 Å². The smallest absolute Gasteiger partial charge is 0.311 e. The molecule has 6 rings (SSSR count). The van der Waals surface area contributed by atoms with Crippen LogP contribution < -0.4 is 0 Å². The van der Waals surface area contributed by atoms with Crippen molar-refractivity contribution in [1.29, 1.82) is 0 Å². The summed E-state index contributed by atoms with van der Waals surface area (Å²) in [4.78, 5) is 24.5. The molecule has 3 heterocycles. The van der Waals surface area contributed by atoms with Crippen molar-refractivity contribution in [3.63, 3.8) is 0 Å². The summed E-state index contributed by atoms with van der Waals surface area (Å²) >= 11 is 1.44. The maximum Gasteiger partial charge on any atom is 0.311 e. The van der Waals surface area contributed by atoms with E-state index < -0.39 is 0 Å². The number of rotatable bonds is 7. The summed E-state index contributed by atoms with van der Waals surface area (Å²) in [6.45, 7) is 3.37. The van der Waals surface area contributed by atoms with E-state index in [1.165, 1.54) is 24.0 Å². The van der Waals surface area contributed by atoms with Crippen LogP contribution in [0.1, 0.15) is 49.0 Å². The average molecular weight is 502 g/mol. The number of ether oxygens (including phenoxy) is 1. The van der Waals surface area contributed by atoms with Crippen LogP contribution in [-0.2, 0) is 14.9 Å². The molecular weight excluding hydrogens is 473 g/mol. The molecule has 184 valence electrons. The van der Waals surface area contributed by atoms with Crippen molar-refractivity contribution < 1.29 is 13.9 Å². The Kier molecular flexibility index (Phi) is 5.85. The fourth-order valence-corrected chi connectivity index (χ4v) is 6.44. The maximum absolute atomic E-state index is 15.4. The van der Waals surface area contributed by atoms with Gasteiger partial charge in [0.15, 0.2) is 0 Å². The van der Waals surface area contributed by atoms with Crippen LogP contribution in [-0.4, -0.2) is 41.0 Å². The summed E-state index contributed by atoms with van der Waals surface area (Å²) in [6, 6.07) is 20.1. The molecule has 1 aliphatic heterocycles. The molecule has 0 bridgehead atoms. The highest BCUT2D eigenvalue weighted by atomic mass is 32.1. The lowest BCUT2D eigenvalue weighted by atomic mass is 9.92. The molecule has 1 saturated heterocycles. The quantitative estimate of drug-likeness (QED) is 0.285. The maximum atomic E-state index is 15.4. The third-order valence-electron chi connectivity index (χ3n) is 7.70. The van der Waals surface area contributed by atoms with Gasteiger partial charge in [-0.15, -0.1) is 0 Å². The molecule has 1 atom stereocenters. The Morgan fingerprint density at radius 2 is 1.92 bits per heavy atom. The second-order valence-electron chi connectivity index (χ2n) is 9.83. The number of thiazole rings is 1. The molecule has 0 N–H and O–H groups in total. The number of nitrogens with zero attached hydrogens (tertiary/aromatic N) is 3. The van der Waals surface area contributed by atoms with Gasteiger partial charge in [0.2, 0.25) is 0 Å². The molecule has 1 aliphatic carbocycles. The van der Waals surface area contributed by atoms with E-state index in [-0.39, 0.29) is 29.2 Å². The highest BCUT2D eigenvalue weighted by Gasteiger charge is 2.47.